The highest BCUT2D eigenvalue weighted by molar-refractivity contribution is 5.68. The zero-order valence-electron chi connectivity index (χ0n) is 10.5. The Labute approximate surface area is 96.6 Å². The fourth-order valence-corrected chi connectivity index (χ4v) is 1.81. The van der Waals surface area contributed by atoms with Crippen LogP contribution in [0.25, 0.3) is 0 Å². The van der Waals surface area contributed by atoms with E-state index in [1.807, 2.05) is 27.7 Å². The second kappa shape index (κ2) is 4.22. The van der Waals surface area contributed by atoms with Crippen molar-refractivity contribution in [1.29, 1.82) is 0 Å². The summed E-state index contributed by atoms with van der Waals surface area (Å²) < 4.78 is 5.26. The molecule has 1 saturated heterocycles. The number of aliphatic hydroxyl groups is 1. The minimum Gasteiger partial charge on any atom is -0.444 e. The summed E-state index contributed by atoms with van der Waals surface area (Å²) in [7, 11) is 0. The predicted molar refractivity (Wildman–Crippen MR) is 61.0 cm³/mol. The average molecular weight is 230 g/mol. The number of hydrogen-bond acceptors (Lipinski definition) is 4. The van der Waals surface area contributed by atoms with Crippen LogP contribution in [0.15, 0.2) is 0 Å². The maximum atomic E-state index is 11.8. The van der Waals surface area contributed by atoms with E-state index in [1.165, 1.54) is 0 Å². The van der Waals surface area contributed by atoms with E-state index in [9.17, 15) is 9.90 Å². The second-order valence-electron chi connectivity index (χ2n) is 5.75. The van der Waals surface area contributed by atoms with Crippen LogP contribution in [-0.2, 0) is 4.74 Å². The number of aliphatic hydroxyl groups excluding tert-OH is 1. The number of carbonyl (C=O) groups is 1. The number of amides is 1. The molecule has 0 aromatic rings. The Hall–Kier alpha value is -0.810. The third kappa shape index (κ3) is 3.09. The average Bonchev–Trinajstić information content (AvgIpc) is 2.37. The Morgan fingerprint density at radius 3 is 2.56 bits per heavy atom. The Morgan fingerprint density at radius 1 is 1.62 bits per heavy atom. The van der Waals surface area contributed by atoms with Crippen LogP contribution in [0.1, 0.15) is 27.7 Å². The summed E-state index contributed by atoms with van der Waals surface area (Å²) in [6, 6.07) is 0. The highest BCUT2D eigenvalue weighted by Crippen LogP contribution is 2.26. The third-order valence-electron chi connectivity index (χ3n) is 2.78. The predicted octanol–water partition coefficient (Wildman–Crippen LogP) is 0.563. The van der Waals surface area contributed by atoms with Gasteiger partial charge in [0.1, 0.15) is 5.60 Å². The van der Waals surface area contributed by atoms with Gasteiger partial charge >= 0.3 is 6.09 Å². The first-order valence-corrected chi connectivity index (χ1v) is 5.53. The minimum atomic E-state index is -0.536. The van der Waals surface area contributed by atoms with Gasteiger partial charge in [-0.3, -0.25) is 0 Å². The number of nitrogens with zero attached hydrogens (tertiary/aromatic N) is 1. The first-order valence-electron chi connectivity index (χ1n) is 5.53. The topological polar surface area (TPSA) is 75.8 Å². The summed E-state index contributed by atoms with van der Waals surface area (Å²) in [5.74, 6) is -0.0833. The number of hydrogen-bond donors (Lipinski definition) is 2. The largest absolute Gasteiger partial charge is 0.444 e. The first-order chi connectivity index (χ1) is 7.15. The molecule has 5 heteroatoms. The van der Waals surface area contributed by atoms with Crippen LogP contribution in [0.4, 0.5) is 4.79 Å². The molecule has 1 amide bonds. The lowest BCUT2D eigenvalue weighted by molar-refractivity contribution is 0.0280. The normalized spacial score (nSPS) is 30.6. The number of carbonyl (C=O) groups excluding carboxylic acids is 1. The van der Waals surface area contributed by atoms with Crippen LogP contribution < -0.4 is 5.73 Å². The van der Waals surface area contributed by atoms with E-state index in [0.29, 0.717) is 13.1 Å². The molecule has 1 heterocycles. The van der Waals surface area contributed by atoms with E-state index in [1.54, 1.807) is 4.90 Å². The molecule has 1 rings (SSSR count). The molecule has 5 nitrogen and oxygen atoms in total. The number of nitrogens with two attached hydrogens (primary N) is 1. The minimum absolute atomic E-state index is 0.00764. The molecule has 2 atom stereocenters. The van der Waals surface area contributed by atoms with Crippen molar-refractivity contribution in [2.24, 2.45) is 11.7 Å². The van der Waals surface area contributed by atoms with Gasteiger partial charge in [0.05, 0.1) is 0 Å². The van der Waals surface area contributed by atoms with Crippen LogP contribution in [-0.4, -0.2) is 46.9 Å². The summed E-state index contributed by atoms with van der Waals surface area (Å²) in [4.78, 5) is 13.3. The monoisotopic (exact) mass is 230 g/mol. The number of likely N-dealkylation sites (tertiary alicyclic amines) is 1. The molecular weight excluding hydrogens is 208 g/mol. The maximum absolute atomic E-state index is 11.8. The zero-order valence-corrected chi connectivity index (χ0v) is 10.5. The van der Waals surface area contributed by atoms with Crippen molar-refractivity contribution in [3.05, 3.63) is 0 Å². The van der Waals surface area contributed by atoms with Gasteiger partial charge in [-0.2, -0.15) is 0 Å². The summed E-state index contributed by atoms with van der Waals surface area (Å²) in [6.07, 6.45) is -0.361. The molecular formula is C11H22N2O3. The van der Waals surface area contributed by atoms with E-state index < -0.39 is 11.1 Å². The van der Waals surface area contributed by atoms with Crippen LogP contribution in [0.3, 0.4) is 0 Å². The van der Waals surface area contributed by atoms with Crippen molar-refractivity contribution in [2.75, 3.05) is 19.7 Å². The molecule has 1 fully saturated rings. The van der Waals surface area contributed by atoms with Crippen LogP contribution in [0.2, 0.25) is 0 Å². The molecule has 0 radical (unpaired) electrons. The van der Waals surface area contributed by atoms with E-state index in [2.05, 4.69) is 0 Å². The van der Waals surface area contributed by atoms with E-state index in [0.717, 1.165) is 0 Å². The van der Waals surface area contributed by atoms with Crippen molar-refractivity contribution in [2.45, 2.75) is 38.8 Å². The fourth-order valence-electron chi connectivity index (χ4n) is 1.81. The second-order valence-corrected chi connectivity index (χ2v) is 5.75. The Bertz CT molecular complexity index is 271. The molecule has 0 aromatic carbocycles. The third-order valence-corrected chi connectivity index (χ3v) is 2.78. The van der Waals surface area contributed by atoms with Crippen molar-refractivity contribution < 1.29 is 14.6 Å². The zero-order chi connectivity index (χ0) is 12.6. The van der Waals surface area contributed by atoms with E-state index >= 15 is 0 Å². The molecule has 94 valence electrons. The molecule has 1 aliphatic rings. The fraction of sp³-hybridized carbons (Fsp3) is 0.909. The Morgan fingerprint density at radius 2 is 2.19 bits per heavy atom. The maximum Gasteiger partial charge on any atom is 0.410 e. The van der Waals surface area contributed by atoms with E-state index in [-0.39, 0.29) is 18.6 Å². The summed E-state index contributed by atoms with van der Waals surface area (Å²) >= 11 is 0. The molecule has 1 aliphatic heterocycles. The van der Waals surface area contributed by atoms with Crippen molar-refractivity contribution in [1.82, 2.24) is 4.90 Å². The van der Waals surface area contributed by atoms with Crippen molar-refractivity contribution in [3.63, 3.8) is 0 Å². The molecule has 16 heavy (non-hydrogen) atoms. The molecule has 0 aliphatic carbocycles. The van der Waals surface area contributed by atoms with Gasteiger partial charge in [0, 0.05) is 31.2 Å². The molecule has 1 unspecified atom stereocenters. The molecule has 0 saturated carbocycles. The van der Waals surface area contributed by atoms with Crippen molar-refractivity contribution in [3.8, 4) is 0 Å². The van der Waals surface area contributed by atoms with Gasteiger partial charge in [-0.15, -0.1) is 0 Å². The quantitative estimate of drug-likeness (QED) is 0.690. The summed E-state index contributed by atoms with van der Waals surface area (Å²) in [5.41, 5.74) is 4.98. The van der Waals surface area contributed by atoms with Gasteiger partial charge < -0.3 is 20.5 Å². The van der Waals surface area contributed by atoms with Crippen molar-refractivity contribution >= 4 is 6.09 Å². The SMILES string of the molecule is CC(C)(C)OC(=O)N1CC(CO)[C@@](C)(N)C1. The Kier molecular flexibility index (Phi) is 3.50. The molecule has 0 aromatic heterocycles. The van der Waals surface area contributed by atoms with Gasteiger partial charge in [0.2, 0.25) is 0 Å². The first kappa shape index (κ1) is 13.3. The lowest BCUT2D eigenvalue weighted by Gasteiger charge is -2.25. The van der Waals surface area contributed by atoms with Gasteiger partial charge in [-0.05, 0) is 27.7 Å². The highest BCUT2D eigenvalue weighted by atomic mass is 16.6. The van der Waals surface area contributed by atoms with Crippen LogP contribution in [0.5, 0.6) is 0 Å². The highest BCUT2D eigenvalue weighted by Gasteiger charge is 2.42. The van der Waals surface area contributed by atoms with Gasteiger partial charge in [0.15, 0.2) is 0 Å². The number of ether oxygens (including phenoxy) is 1. The van der Waals surface area contributed by atoms with Gasteiger partial charge in [-0.1, -0.05) is 0 Å². The summed E-state index contributed by atoms with van der Waals surface area (Å²) in [6.45, 7) is 8.19. The van der Waals surface area contributed by atoms with Gasteiger partial charge in [-0.25, -0.2) is 4.79 Å². The molecule has 0 spiro atoms. The van der Waals surface area contributed by atoms with Crippen LogP contribution >= 0.6 is 0 Å². The Balaban J connectivity index is 2.62. The smallest absolute Gasteiger partial charge is 0.410 e. The lowest BCUT2D eigenvalue weighted by atomic mass is 9.91. The number of rotatable bonds is 1. The summed E-state index contributed by atoms with van der Waals surface area (Å²) in [5, 5.41) is 9.17. The lowest BCUT2D eigenvalue weighted by Crippen LogP contribution is -2.46. The molecule has 3 N–H and O–H groups in total. The van der Waals surface area contributed by atoms with Crippen LogP contribution in [0, 0.1) is 5.92 Å². The van der Waals surface area contributed by atoms with E-state index in [4.69, 9.17) is 10.5 Å². The molecule has 0 bridgehead atoms. The standard InChI is InChI=1S/C11H22N2O3/c1-10(2,3)16-9(15)13-5-8(6-14)11(4,12)7-13/h8,14H,5-7,12H2,1-4H3/t8?,11-/m0/s1. The van der Waals surface area contributed by atoms with Gasteiger partial charge in [0.25, 0.3) is 0 Å².